The summed E-state index contributed by atoms with van der Waals surface area (Å²) in [6.07, 6.45) is -0.870. The van der Waals surface area contributed by atoms with Gasteiger partial charge in [0.25, 0.3) is 0 Å². The van der Waals surface area contributed by atoms with E-state index in [0.717, 1.165) is 38.9 Å². The molecule has 0 radical (unpaired) electrons. The lowest BCUT2D eigenvalue weighted by atomic mass is 9.98. The number of hydrogen-bond donors (Lipinski definition) is 3. The first kappa shape index (κ1) is 31.6. The molecule has 1 aliphatic heterocycles. The molecule has 0 bridgehead atoms. The standard InChI is InChI=1S/C37H42N2O5/c1-25(36(42)31-9-5-4-6-10-31)39(3)23-34-21-35(30-14-12-27(24-40)13-15-30)44-37(43-34)32-18-16-29(17-19-32)33-11-7-8-28(20-33)22-38-26(2)41/h4-20,25,34-37,40,42H,21-24H2,1-3H3,(H,38,41). The molecule has 1 heterocycles. The summed E-state index contributed by atoms with van der Waals surface area (Å²) in [6, 6.07) is 33.9. The number of nitrogens with one attached hydrogen (secondary N) is 1. The number of hydrogen-bond acceptors (Lipinski definition) is 6. The highest BCUT2D eigenvalue weighted by atomic mass is 16.7. The molecule has 0 saturated carbocycles. The zero-order chi connectivity index (χ0) is 31.1. The van der Waals surface area contributed by atoms with Crippen molar-refractivity contribution in [3.63, 3.8) is 0 Å². The van der Waals surface area contributed by atoms with Gasteiger partial charge in [-0.3, -0.25) is 9.69 Å². The van der Waals surface area contributed by atoms with Crippen LogP contribution in [0.2, 0.25) is 0 Å². The lowest BCUT2D eigenvalue weighted by molar-refractivity contribution is -0.253. The van der Waals surface area contributed by atoms with Gasteiger partial charge in [-0.25, -0.2) is 0 Å². The predicted octanol–water partition coefficient (Wildman–Crippen LogP) is 6.08. The van der Waals surface area contributed by atoms with Crippen LogP contribution in [0.1, 0.15) is 66.6 Å². The normalized spacial score (nSPS) is 19.8. The molecule has 3 N–H and O–H groups in total. The van der Waals surface area contributed by atoms with Crippen LogP contribution in [0, 0.1) is 0 Å². The number of carbonyl (C=O) groups excluding carboxylic acids is 1. The van der Waals surface area contributed by atoms with E-state index in [1.54, 1.807) is 0 Å². The topological polar surface area (TPSA) is 91.3 Å². The Balaban J connectivity index is 1.34. The molecule has 1 aliphatic rings. The Labute approximate surface area is 260 Å². The zero-order valence-corrected chi connectivity index (χ0v) is 25.6. The molecule has 5 unspecified atom stereocenters. The molecular weight excluding hydrogens is 552 g/mol. The van der Waals surface area contributed by atoms with E-state index in [0.29, 0.717) is 19.5 Å². The van der Waals surface area contributed by atoms with Crippen LogP contribution in [0.4, 0.5) is 0 Å². The number of benzene rings is 4. The molecule has 0 aromatic heterocycles. The van der Waals surface area contributed by atoms with Gasteiger partial charge in [0.15, 0.2) is 6.29 Å². The number of rotatable bonds is 11. The van der Waals surface area contributed by atoms with E-state index in [4.69, 9.17) is 9.47 Å². The maximum absolute atomic E-state index is 11.3. The molecule has 7 nitrogen and oxygen atoms in total. The average Bonchev–Trinajstić information content (AvgIpc) is 3.07. The largest absolute Gasteiger partial charge is 0.392 e. The molecule has 1 fully saturated rings. The van der Waals surface area contributed by atoms with Crippen molar-refractivity contribution in [2.75, 3.05) is 13.6 Å². The third-order valence-electron chi connectivity index (χ3n) is 8.38. The molecule has 4 aromatic carbocycles. The summed E-state index contributed by atoms with van der Waals surface area (Å²) in [6.45, 7) is 4.65. The van der Waals surface area contributed by atoms with Crippen molar-refractivity contribution in [3.05, 3.63) is 131 Å². The summed E-state index contributed by atoms with van der Waals surface area (Å²) < 4.78 is 13.1. The number of carbonyl (C=O) groups is 1. The number of amides is 1. The molecule has 1 saturated heterocycles. The first-order valence-corrected chi connectivity index (χ1v) is 15.2. The molecule has 0 aliphatic carbocycles. The third-order valence-corrected chi connectivity index (χ3v) is 8.38. The number of aliphatic hydroxyl groups is 2. The highest BCUT2D eigenvalue weighted by Crippen LogP contribution is 2.39. The number of ether oxygens (including phenoxy) is 2. The maximum Gasteiger partial charge on any atom is 0.217 e. The van der Waals surface area contributed by atoms with Crippen LogP contribution in [0.15, 0.2) is 103 Å². The second-order valence-corrected chi connectivity index (χ2v) is 11.6. The summed E-state index contributed by atoms with van der Waals surface area (Å²) in [5.41, 5.74) is 6.87. The van der Waals surface area contributed by atoms with Crippen molar-refractivity contribution in [2.24, 2.45) is 0 Å². The van der Waals surface area contributed by atoms with E-state index in [1.165, 1.54) is 6.92 Å². The Kier molecular flexibility index (Phi) is 10.6. The SMILES string of the molecule is CC(=O)NCc1cccc(-c2ccc(C3OC(CN(C)C(C)C(O)c4ccccc4)CC(c4ccc(CO)cc4)O3)cc2)c1. The lowest BCUT2D eigenvalue weighted by Crippen LogP contribution is -2.43. The van der Waals surface area contributed by atoms with Crippen molar-refractivity contribution in [1.29, 1.82) is 0 Å². The fourth-order valence-electron chi connectivity index (χ4n) is 5.61. The fourth-order valence-corrected chi connectivity index (χ4v) is 5.61. The van der Waals surface area contributed by atoms with Gasteiger partial charge in [-0.05, 0) is 53.4 Å². The van der Waals surface area contributed by atoms with Gasteiger partial charge in [0.1, 0.15) is 0 Å². The summed E-state index contributed by atoms with van der Waals surface area (Å²) in [4.78, 5) is 13.5. The van der Waals surface area contributed by atoms with Crippen molar-refractivity contribution < 1.29 is 24.5 Å². The van der Waals surface area contributed by atoms with Crippen molar-refractivity contribution in [1.82, 2.24) is 10.2 Å². The molecule has 7 heteroatoms. The lowest BCUT2D eigenvalue weighted by Gasteiger charge is -2.39. The maximum atomic E-state index is 11.3. The molecule has 4 aromatic rings. The minimum Gasteiger partial charge on any atom is -0.392 e. The Morgan fingerprint density at radius 3 is 2.27 bits per heavy atom. The molecule has 44 heavy (non-hydrogen) atoms. The zero-order valence-electron chi connectivity index (χ0n) is 25.6. The van der Waals surface area contributed by atoms with Crippen LogP contribution in [0.3, 0.4) is 0 Å². The molecule has 5 rings (SSSR count). The van der Waals surface area contributed by atoms with E-state index < -0.39 is 12.4 Å². The van der Waals surface area contributed by atoms with Gasteiger partial charge in [-0.1, -0.05) is 97.1 Å². The average molecular weight is 595 g/mol. The second-order valence-electron chi connectivity index (χ2n) is 11.6. The summed E-state index contributed by atoms with van der Waals surface area (Å²) in [5, 5.41) is 23.4. The monoisotopic (exact) mass is 594 g/mol. The smallest absolute Gasteiger partial charge is 0.217 e. The first-order chi connectivity index (χ1) is 21.3. The third kappa shape index (κ3) is 8.00. The van der Waals surface area contributed by atoms with Crippen molar-refractivity contribution >= 4 is 5.91 Å². The highest BCUT2D eigenvalue weighted by molar-refractivity contribution is 5.73. The molecule has 5 atom stereocenters. The fraction of sp³-hybridized carbons (Fsp3) is 0.324. The van der Waals surface area contributed by atoms with Gasteiger partial charge < -0.3 is 25.0 Å². The first-order valence-electron chi connectivity index (χ1n) is 15.2. The minimum absolute atomic E-state index is 0.00488. The number of likely N-dealkylation sites (N-methyl/N-ethyl adjacent to an activating group) is 1. The Bertz CT molecular complexity index is 1490. The molecule has 230 valence electrons. The van der Waals surface area contributed by atoms with Crippen LogP contribution in [0.5, 0.6) is 0 Å². The van der Waals surface area contributed by atoms with Crippen LogP contribution in [-0.4, -0.2) is 46.8 Å². The quantitative estimate of drug-likeness (QED) is 0.195. The Hall–Kier alpha value is -3.85. The summed E-state index contributed by atoms with van der Waals surface area (Å²) in [5.74, 6) is -0.0544. The van der Waals surface area contributed by atoms with E-state index in [1.807, 2.05) is 92.8 Å². The Morgan fingerprint density at radius 1 is 0.886 bits per heavy atom. The van der Waals surface area contributed by atoms with Gasteiger partial charge in [-0.15, -0.1) is 0 Å². The Morgan fingerprint density at radius 2 is 1.59 bits per heavy atom. The minimum atomic E-state index is -0.622. The molecule has 0 spiro atoms. The summed E-state index contributed by atoms with van der Waals surface area (Å²) >= 11 is 0. The van der Waals surface area contributed by atoms with Crippen LogP contribution in [0.25, 0.3) is 11.1 Å². The molecular formula is C37H42N2O5. The van der Waals surface area contributed by atoms with Crippen molar-refractivity contribution in [3.8, 4) is 11.1 Å². The van der Waals surface area contributed by atoms with Crippen LogP contribution < -0.4 is 5.32 Å². The van der Waals surface area contributed by atoms with Crippen molar-refractivity contribution in [2.45, 2.75) is 64.1 Å². The van der Waals surface area contributed by atoms with E-state index in [-0.39, 0.29) is 30.8 Å². The predicted molar refractivity (Wildman–Crippen MR) is 171 cm³/mol. The molecule has 1 amide bonds. The van der Waals surface area contributed by atoms with Gasteiger partial charge in [0.05, 0.1) is 24.9 Å². The van der Waals surface area contributed by atoms with E-state index in [2.05, 4.69) is 34.5 Å². The van der Waals surface area contributed by atoms with E-state index in [9.17, 15) is 15.0 Å². The highest BCUT2D eigenvalue weighted by Gasteiger charge is 2.34. The second kappa shape index (κ2) is 14.8. The van der Waals surface area contributed by atoms with Crippen LogP contribution in [-0.2, 0) is 27.4 Å². The van der Waals surface area contributed by atoms with E-state index >= 15 is 0 Å². The van der Waals surface area contributed by atoms with Gasteiger partial charge >= 0.3 is 0 Å². The number of aliphatic hydroxyl groups excluding tert-OH is 2. The number of nitrogens with zero attached hydrogens (tertiary/aromatic N) is 1. The van der Waals surface area contributed by atoms with Gasteiger partial charge in [0, 0.05) is 38.0 Å². The summed E-state index contributed by atoms with van der Waals surface area (Å²) in [7, 11) is 2.02. The van der Waals surface area contributed by atoms with Gasteiger partial charge in [-0.2, -0.15) is 0 Å². The van der Waals surface area contributed by atoms with Gasteiger partial charge in [0.2, 0.25) is 5.91 Å². The van der Waals surface area contributed by atoms with Crippen LogP contribution >= 0.6 is 0 Å².